The zero-order valence-corrected chi connectivity index (χ0v) is 14.4. The second-order valence-corrected chi connectivity index (χ2v) is 7.50. The molecule has 0 spiro atoms. The lowest BCUT2D eigenvalue weighted by atomic mass is 9.92. The molecule has 128 valence electrons. The van der Waals surface area contributed by atoms with Gasteiger partial charge in [0.05, 0.1) is 11.5 Å². The molecule has 0 aromatic heterocycles. The van der Waals surface area contributed by atoms with Crippen molar-refractivity contribution in [3.8, 4) is 0 Å². The third-order valence-electron chi connectivity index (χ3n) is 5.55. The molecule has 0 radical (unpaired) electrons. The Labute approximate surface area is 146 Å². The van der Waals surface area contributed by atoms with Gasteiger partial charge >= 0.3 is 6.03 Å². The van der Waals surface area contributed by atoms with Crippen molar-refractivity contribution >= 4 is 23.5 Å². The van der Waals surface area contributed by atoms with E-state index in [0.29, 0.717) is 18.1 Å². The summed E-state index contributed by atoms with van der Waals surface area (Å²) in [5, 5.41) is 3.53. The molecular formula is C18H22ClN3O2. The van der Waals surface area contributed by atoms with Gasteiger partial charge in [0.15, 0.2) is 0 Å². The first-order valence-electron chi connectivity index (χ1n) is 8.70. The van der Waals surface area contributed by atoms with Crippen LogP contribution in [0.5, 0.6) is 0 Å². The van der Waals surface area contributed by atoms with Crippen molar-refractivity contribution in [2.24, 2.45) is 0 Å². The van der Waals surface area contributed by atoms with Crippen LogP contribution in [0.15, 0.2) is 24.3 Å². The van der Waals surface area contributed by atoms with Crippen molar-refractivity contribution in [3.05, 3.63) is 34.9 Å². The Morgan fingerprint density at radius 3 is 2.79 bits per heavy atom. The molecule has 2 aliphatic heterocycles. The van der Waals surface area contributed by atoms with E-state index in [0.717, 1.165) is 44.3 Å². The van der Waals surface area contributed by atoms with E-state index in [-0.39, 0.29) is 23.4 Å². The van der Waals surface area contributed by atoms with Crippen LogP contribution in [0.2, 0.25) is 5.02 Å². The van der Waals surface area contributed by atoms with Gasteiger partial charge in [-0.25, -0.2) is 4.79 Å². The number of urea groups is 1. The fourth-order valence-electron chi connectivity index (χ4n) is 4.07. The van der Waals surface area contributed by atoms with Crippen LogP contribution in [0.25, 0.3) is 0 Å². The number of nitrogens with zero attached hydrogens (tertiary/aromatic N) is 2. The average molecular weight is 348 g/mol. The van der Waals surface area contributed by atoms with Gasteiger partial charge in [-0.15, -0.1) is 0 Å². The molecule has 4 rings (SSSR count). The zero-order chi connectivity index (χ0) is 16.7. The van der Waals surface area contributed by atoms with Crippen LogP contribution in [0, 0.1) is 0 Å². The molecule has 1 saturated carbocycles. The smallest absolute Gasteiger partial charge is 0.317 e. The summed E-state index contributed by atoms with van der Waals surface area (Å²) in [6.45, 7) is 2.88. The topological polar surface area (TPSA) is 52.7 Å². The van der Waals surface area contributed by atoms with Crippen molar-refractivity contribution in [1.82, 2.24) is 15.1 Å². The number of rotatable bonds is 3. The Kier molecular flexibility index (Phi) is 3.91. The minimum Gasteiger partial charge on any atom is -0.340 e. The lowest BCUT2D eigenvalue weighted by molar-refractivity contribution is -0.135. The van der Waals surface area contributed by atoms with Gasteiger partial charge in [-0.3, -0.25) is 4.79 Å². The molecule has 1 unspecified atom stereocenters. The Balaban J connectivity index is 1.51. The van der Waals surface area contributed by atoms with Crippen molar-refractivity contribution in [2.45, 2.75) is 37.1 Å². The number of halogens is 1. The average Bonchev–Trinajstić information content (AvgIpc) is 3.30. The molecule has 1 aromatic carbocycles. The molecule has 3 amide bonds. The van der Waals surface area contributed by atoms with Crippen molar-refractivity contribution in [2.75, 3.05) is 26.2 Å². The summed E-state index contributed by atoms with van der Waals surface area (Å²) < 4.78 is 0. The van der Waals surface area contributed by atoms with Gasteiger partial charge in [-0.1, -0.05) is 23.7 Å². The van der Waals surface area contributed by atoms with E-state index >= 15 is 0 Å². The van der Waals surface area contributed by atoms with E-state index in [1.165, 1.54) is 0 Å². The SMILES string of the molecule is O=C1NCCN1C1CCCN(C(=O)C2(c3cccc(Cl)c3)CC2)C1. The third kappa shape index (κ3) is 2.65. The van der Waals surface area contributed by atoms with E-state index < -0.39 is 0 Å². The minimum absolute atomic E-state index is 0.00488. The molecule has 24 heavy (non-hydrogen) atoms. The van der Waals surface area contributed by atoms with Gasteiger partial charge in [-0.2, -0.15) is 0 Å². The molecule has 3 fully saturated rings. The number of benzene rings is 1. The third-order valence-corrected chi connectivity index (χ3v) is 5.79. The summed E-state index contributed by atoms with van der Waals surface area (Å²) in [6, 6.07) is 7.83. The van der Waals surface area contributed by atoms with Gasteiger partial charge < -0.3 is 15.1 Å². The highest BCUT2D eigenvalue weighted by molar-refractivity contribution is 6.30. The highest BCUT2D eigenvalue weighted by atomic mass is 35.5. The number of carbonyl (C=O) groups is 2. The maximum absolute atomic E-state index is 13.2. The molecule has 2 heterocycles. The predicted molar refractivity (Wildman–Crippen MR) is 92.1 cm³/mol. The molecule has 1 aliphatic carbocycles. The van der Waals surface area contributed by atoms with Crippen LogP contribution in [0.3, 0.4) is 0 Å². The van der Waals surface area contributed by atoms with Crippen LogP contribution in [-0.2, 0) is 10.2 Å². The molecule has 6 heteroatoms. The number of hydrogen-bond donors (Lipinski definition) is 1. The van der Waals surface area contributed by atoms with Gasteiger partial charge in [0.25, 0.3) is 0 Å². The number of amides is 3. The summed E-state index contributed by atoms with van der Waals surface area (Å²) in [6.07, 6.45) is 3.70. The first-order valence-corrected chi connectivity index (χ1v) is 9.08. The molecule has 1 atom stereocenters. The van der Waals surface area contributed by atoms with E-state index in [4.69, 9.17) is 11.6 Å². The quantitative estimate of drug-likeness (QED) is 0.912. The monoisotopic (exact) mass is 347 g/mol. The number of likely N-dealkylation sites (tertiary alicyclic amines) is 1. The standard InChI is InChI=1S/C18H22ClN3O2/c19-14-4-1-3-13(11-14)18(6-7-18)16(23)21-9-2-5-15(12-21)22-10-8-20-17(22)24/h1,3-4,11,15H,2,5-10,12H2,(H,20,24). The highest BCUT2D eigenvalue weighted by Crippen LogP contribution is 2.50. The van der Waals surface area contributed by atoms with Crippen LogP contribution in [0.1, 0.15) is 31.2 Å². The number of hydrogen-bond acceptors (Lipinski definition) is 2. The van der Waals surface area contributed by atoms with E-state index in [1.54, 1.807) is 0 Å². The Hall–Kier alpha value is -1.75. The van der Waals surface area contributed by atoms with Crippen LogP contribution in [0.4, 0.5) is 4.79 Å². The Morgan fingerprint density at radius 2 is 2.12 bits per heavy atom. The second kappa shape index (κ2) is 5.96. The zero-order valence-electron chi connectivity index (χ0n) is 13.6. The van der Waals surface area contributed by atoms with Crippen LogP contribution in [-0.4, -0.2) is 54.0 Å². The molecule has 2 saturated heterocycles. The van der Waals surface area contributed by atoms with Crippen LogP contribution < -0.4 is 5.32 Å². The fraction of sp³-hybridized carbons (Fsp3) is 0.556. The summed E-state index contributed by atoms with van der Waals surface area (Å²) in [5.74, 6) is 0.203. The lowest BCUT2D eigenvalue weighted by Gasteiger charge is -2.38. The predicted octanol–water partition coefficient (Wildman–Crippen LogP) is 2.39. The van der Waals surface area contributed by atoms with Crippen molar-refractivity contribution in [3.63, 3.8) is 0 Å². The van der Waals surface area contributed by atoms with Crippen molar-refractivity contribution < 1.29 is 9.59 Å². The summed E-state index contributed by atoms with van der Waals surface area (Å²) in [5.41, 5.74) is 0.640. The first-order chi connectivity index (χ1) is 11.6. The maximum atomic E-state index is 13.2. The summed E-state index contributed by atoms with van der Waals surface area (Å²) in [7, 11) is 0. The molecule has 5 nitrogen and oxygen atoms in total. The van der Waals surface area contributed by atoms with Gasteiger partial charge in [0.2, 0.25) is 5.91 Å². The highest BCUT2D eigenvalue weighted by Gasteiger charge is 2.53. The van der Waals surface area contributed by atoms with Gasteiger partial charge in [0, 0.05) is 31.2 Å². The second-order valence-electron chi connectivity index (χ2n) is 7.06. The van der Waals surface area contributed by atoms with Gasteiger partial charge in [-0.05, 0) is 43.4 Å². The van der Waals surface area contributed by atoms with Crippen LogP contribution >= 0.6 is 11.6 Å². The lowest BCUT2D eigenvalue weighted by Crippen LogP contribution is -2.52. The van der Waals surface area contributed by atoms with E-state index in [2.05, 4.69) is 5.32 Å². The van der Waals surface area contributed by atoms with E-state index in [9.17, 15) is 9.59 Å². The molecule has 0 bridgehead atoms. The summed E-state index contributed by atoms with van der Waals surface area (Å²) >= 11 is 6.12. The summed E-state index contributed by atoms with van der Waals surface area (Å²) in [4.78, 5) is 29.0. The fourth-order valence-corrected chi connectivity index (χ4v) is 4.26. The first kappa shape index (κ1) is 15.8. The molecule has 3 aliphatic rings. The molecule has 1 N–H and O–H groups in total. The number of nitrogens with one attached hydrogen (secondary N) is 1. The Bertz CT molecular complexity index is 674. The number of carbonyl (C=O) groups excluding carboxylic acids is 2. The Morgan fingerprint density at radius 1 is 1.29 bits per heavy atom. The van der Waals surface area contributed by atoms with Crippen molar-refractivity contribution in [1.29, 1.82) is 0 Å². The van der Waals surface area contributed by atoms with E-state index in [1.807, 2.05) is 34.1 Å². The minimum atomic E-state index is -0.389. The largest absolute Gasteiger partial charge is 0.340 e. The molecule has 1 aromatic rings. The number of piperidine rings is 1. The normalized spacial score (nSPS) is 25.5. The molecular weight excluding hydrogens is 326 g/mol. The van der Waals surface area contributed by atoms with Gasteiger partial charge in [0.1, 0.15) is 0 Å². The maximum Gasteiger partial charge on any atom is 0.317 e.